The smallest absolute Gasteiger partial charge is 0.123 e. The Morgan fingerprint density at radius 3 is 2.90 bits per heavy atom. The third-order valence-electron chi connectivity index (χ3n) is 4.31. The van der Waals surface area contributed by atoms with Crippen LogP contribution in [0.1, 0.15) is 45.1 Å². The van der Waals surface area contributed by atoms with Crippen molar-refractivity contribution in [2.24, 2.45) is 0 Å². The van der Waals surface area contributed by atoms with E-state index in [9.17, 15) is 4.39 Å². The molecule has 1 aromatic rings. The van der Waals surface area contributed by atoms with Crippen LogP contribution in [-0.2, 0) is 11.2 Å². The van der Waals surface area contributed by atoms with Gasteiger partial charge >= 0.3 is 0 Å². The van der Waals surface area contributed by atoms with Gasteiger partial charge in [0.05, 0.1) is 5.60 Å². The molecule has 2 rings (SSSR count). The van der Waals surface area contributed by atoms with Crippen molar-refractivity contribution in [2.75, 3.05) is 13.2 Å². The third kappa shape index (κ3) is 4.51. The molecular formula is C17H25BrFNO. The van der Waals surface area contributed by atoms with E-state index >= 15 is 0 Å². The molecule has 1 aliphatic rings. The van der Waals surface area contributed by atoms with Crippen molar-refractivity contribution in [3.8, 4) is 0 Å². The van der Waals surface area contributed by atoms with Crippen molar-refractivity contribution in [1.29, 1.82) is 0 Å². The highest BCUT2D eigenvalue weighted by Gasteiger charge is 2.36. The van der Waals surface area contributed by atoms with Crippen molar-refractivity contribution < 1.29 is 9.13 Å². The second-order valence-electron chi connectivity index (χ2n) is 6.06. The van der Waals surface area contributed by atoms with Crippen LogP contribution in [-0.4, -0.2) is 24.8 Å². The second-order valence-corrected chi connectivity index (χ2v) is 6.92. The zero-order valence-electron chi connectivity index (χ0n) is 12.9. The summed E-state index contributed by atoms with van der Waals surface area (Å²) >= 11 is 3.53. The van der Waals surface area contributed by atoms with Gasteiger partial charge in [-0.05, 0) is 69.3 Å². The lowest BCUT2D eigenvalue weighted by molar-refractivity contribution is -0.0883. The molecular weight excluding hydrogens is 333 g/mol. The largest absolute Gasteiger partial charge is 0.374 e. The first-order valence-corrected chi connectivity index (χ1v) is 8.66. The van der Waals surface area contributed by atoms with Gasteiger partial charge in [-0.3, -0.25) is 0 Å². The Morgan fingerprint density at radius 2 is 2.24 bits per heavy atom. The Labute approximate surface area is 135 Å². The summed E-state index contributed by atoms with van der Waals surface area (Å²) in [5.41, 5.74) is 0.832. The van der Waals surface area contributed by atoms with Crippen LogP contribution in [0.2, 0.25) is 0 Å². The van der Waals surface area contributed by atoms with Gasteiger partial charge in [-0.2, -0.15) is 0 Å². The minimum absolute atomic E-state index is 0.167. The first kappa shape index (κ1) is 16.9. The summed E-state index contributed by atoms with van der Waals surface area (Å²) in [5, 5.41) is 3.61. The third-order valence-corrected chi connectivity index (χ3v) is 5.08. The number of benzene rings is 1. The van der Waals surface area contributed by atoms with Gasteiger partial charge < -0.3 is 10.1 Å². The Morgan fingerprint density at radius 1 is 1.43 bits per heavy atom. The summed E-state index contributed by atoms with van der Waals surface area (Å²) in [7, 11) is 0. The maximum Gasteiger partial charge on any atom is 0.123 e. The fourth-order valence-electron chi connectivity index (χ4n) is 2.97. The molecule has 0 saturated carbocycles. The van der Waals surface area contributed by atoms with Crippen LogP contribution in [0.15, 0.2) is 22.7 Å². The van der Waals surface area contributed by atoms with Crippen molar-refractivity contribution in [1.82, 2.24) is 5.32 Å². The van der Waals surface area contributed by atoms with Crippen LogP contribution in [0.5, 0.6) is 0 Å². The van der Waals surface area contributed by atoms with E-state index < -0.39 is 0 Å². The highest BCUT2D eigenvalue weighted by Crippen LogP contribution is 2.31. The molecule has 1 aliphatic heterocycles. The van der Waals surface area contributed by atoms with Crippen LogP contribution in [0.25, 0.3) is 0 Å². The molecule has 21 heavy (non-hydrogen) atoms. The fraction of sp³-hybridized carbons (Fsp3) is 0.647. The zero-order chi connectivity index (χ0) is 15.3. The summed E-state index contributed by atoms with van der Waals surface area (Å²) in [4.78, 5) is 0. The molecule has 1 fully saturated rings. The Balaban J connectivity index is 2.17. The van der Waals surface area contributed by atoms with Crippen LogP contribution < -0.4 is 5.32 Å². The number of halogens is 2. The van der Waals surface area contributed by atoms with Gasteiger partial charge in [0.25, 0.3) is 0 Å². The van der Waals surface area contributed by atoms with Crippen LogP contribution in [0.4, 0.5) is 4.39 Å². The molecule has 2 unspecified atom stereocenters. The summed E-state index contributed by atoms with van der Waals surface area (Å²) in [6.45, 7) is 6.13. The van der Waals surface area contributed by atoms with E-state index in [1.165, 1.54) is 12.5 Å². The molecule has 0 radical (unpaired) electrons. The summed E-state index contributed by atoms with van der Waals surface area (Å²) in [6.07, 6.45) is 5.25. The maximum absolute atomic E-state index is 13.5. The van der Waals surface area contributed by atoms with Crippen molar-refractivity contribution in [3.63, 3.8) is 0 Å². The molecule has 1 heterocycles. The number of rotatable bonds is 6. The average molecular weight is 358 g/mol. The first-order chi connectivity index (χ1) is 10.0. The molecule has 1 N–H and O–H groups in total. The van der Waals surface area contributed by atoms with E-state index in [0.29, 0.717) is 0 Å². The molecule has 1 saturated heterocycles. The van der Waals surface area contributed by atoms with E-state index in [1.54, 1.807) is 12.1 Å². The fourth-order valence-corrected chi connectivity index (χ4v) is 3.38. The summed E-state index contributed by atoms with van der Waals surface area (Å²) in [5.74, 6) is -0.183. The number of hydrogen-bond donors (Lipinski definition) is 1. The Kier molecular flexibility index (Phi) is 6.20. The quantitative estimate of drug-likeness (QED) is 0.811. The topological polar surface area (TPSA) is 21.3 Å². The van der Waals surface area contributed by atoms with E-state index in [-0.39, 0.29) is 17.5 Å². The molecule has 0 aromatic heterocycles. The predicted molar refractivity (Wildman–Crippen MR) is 88.1 cm³/mol. The van der Waals surface area contributed by atoms with E-state index in [4.69, 9.17) is 4.74 Å². The van der Waals surface area contributed by atoms with Gasteiger partial charge in [0.2, 0.25) is 0 Å². The van der Waals surface area contributed by atoms with Gasteiger partial charge in [-0.1, -0.05) is 22.9 Å². The predicted octanol–water partition coefficient (Wildman–Crippen LogP) is 4.46. The van der Waals surface area contributed by atoms with Crippen molar-refractivity contribution in [2.45, 2.75) is 57.6 Å². The molecule has 2 nitrogen and oxygen atoms in total. The minimum Gasteiger partial charge on any atom is -0.374 e. The highest BCUT2D eigenvalue weighted by molar-refractivity contribution is 9.10. The number of hydrogen-bond acceptors (Lipinski definition) is 2. The van der Waals surface area contributed by atoms with E-state index in [1.807, 2.05) is 0 Å². The van der Waals surface area contributed by atoms with Gasteiger partial charge in [0, 0.05) is 17.1 Å². The monoisotopic (exact) mass is 357 g/mol. The Hall–Kier alpha value is -0.450. The molecule has 0 bridgehead atoms. The molecule has 0 aliphatic carbocycles. The molecule has 2 atom stereocenters. The van der Waals surface area contributed by atoms with Gasteiger partial charge in [0.1, 0.15) is 5.82 Å². The highest BCUT2D eigenvalue weighted by atomic mass is 79.9. The standard InChI is InChI=1S/C17H25BrFNO/c1-3-9-20-16(17(2)8-4-5-10-21-17)12-13-11-14(19)6-7-15(13)18/h6-7,11,16,20H,3-5,8-10,12H2,1-2H3. The molecule has 0 amide bonds. The SMILES string of the molecule is CCCNC(Cc1cc(F)ccc1Br)C1(C)CCCCO1. The summed E-state index contributed by atoms with van der Waals surface area (Å²) in [6, 6.07) is 5.10. The number of ether oxygens (including phenoxy) is 1. The molecule has 4 heteroatoms. The van der Waals surface area contributed by atoms with Crippen LogP contribution in [0, 0.1) is 5.82 Å². The van der Waals surface area contributed by atoms with Crippen molar-refractivity contribution in [3.05, 3.63) is 34.1 Å². The Bertz CT molecular complexity index is 460. The summed E-state index contributed by atoms with van der Waals surface area (Å²) < 4.78 is 20.6. The normalized spacial score (nSPS) is 24.0. The molecule has 1 aromatic carbocycles. The van der Waals surface area contributed by atoms with Crippen molar-refractivity contribution >= 4 is 15.9 Å². The zero-order valence-corrected chi connectivity index (χ0v) is 14.5. The minimum atomic E-state index is -0.183. The van der Waals surface area contributed by atoms with Gasteiger partial charge in [-0.25, -0.2) is 4.39 Å². The van der Waals surface area contributed by atoms with E-state index in [2.05, 4.69) is 35.1 Å². The average Bonchev–Trinajstić information content (AvgIpc) is 2.47. The van der Waals surface area contributed by atoms with Gasteiger partial charge in [-0.15, -0.1) is 0 Å². The van der Waals surface area contributed by atoms with Crippen LogP contribution >= 0.6 is 15.9 Å². The lowest BCUT2D eigenvalue weighted by atomic mass is 9.84. The number of nitrogens with one attached hydrogen (secondary N) is 1. The molecule has 118 valence electrons. The molecule has 0 spiro atoms. The lowest BCUT2D eigenvalue weighted by Crippen LogP contribution is -2.53. The van der Waals surface area contributed by atoms with Crippen LogP contribution in [0.3, 0.4) is 0 Å². The first-order valence-electron chi connectivity index (χ1n) is 7.86. The maximum atomic E-state index is 13.5. The van der Waals surface area contributed by atoms with E-state index in [0.717, 1.165) is 48.9 Å². The van der Waals surface area contributed by atoms with Gasteiger partial charge in [0.15, 0.2) is 0 Å². The second kappa shape index (κ2) is 7.70. The lowest BCUT2D eigenvalue weighted by Gasteiger charge is -2.41.